The number of ether oxygens (including phenoxy) is 3. The minimum atomic E-state index is -1.62. The topological polar surface area (TPSA) is 148 Å². The highest BCUT2D eigenvalue weighted by atomic mass is 79.9. The number of amides is 2. The first-order valence-electron chi connectivity index (χ1n) is 17.3. The van der Waals surface area contributed by atoms with Crippen molar-refractivity contribution in [1.82, 2.24) is 10.6 Å². The van der Waals surface area contributed by atoms with Crippen molar-refractivity contribution < 1.29 is 38.9 Å². The van der Waals surface area contributed by atoms with E-state index < -0.39 is 23.9 Å². The SMILES string of the molecule is CCCCCCCCCCCCCC(=O)NCC(O)c1cc(Br)c(OCCCNC(=O)C2=NO[C@]3(CC(Br)=C(OC)C(Br)=CO3)[C@H]2O)c(Br)c1. The number of methoxy groups -OCH3 is 1. The molecule has 0 saturated carbocycles. The third-order valence-corrected chi connectivity index (χ3v) is 10.8. The van der Waals surface area contributed by atoms with Crippen molar-refractivity contribution in [3.8, 4) is 5.75 Å². The van der Waals surface area contributed by atoms with Gasteiger partial charge >= 0.3 is 5.79 Å². The third-order valence-electron chi connectivity index (χ3n) is 8.40. The normalized spacial score (nSPS) is 19.2. The van der Waals surface area contributed by atoms with Crippen molar-refractivity contribution in [3.05, 3.63) is 47.6 Å². The van der Waals surface area contributed by atoms with Crippen LogP contribution >= 0.6 is 63.7 Å². The van der Waals surface area contributed by atoms with Gasteiger partial charge in [-0.15, -0.1) is 0 Å². The minimum Gasteiger partial charge on any atom is -0.495 e. The Morgan fingerprint density at radius 3 is 2.22 bits per heavy atom. The maximum Gasteiger partial charge on any atom is 0.311 e. The van der Waals surface area contributed by atoms with Crippen LogP contribution in [-0.4, -0.2) is 66.4 Å². The number of aliphatic hydroxyl groups excluding tert-OH is 2. The third kappa shape index (κ3) is 13.1. The van der Waals surface area contributed by atoms with Gasteiger partial charge in [-0.2, -0.15) is 0 Å². The molecule has 0 fully saturated rings. The Kier molecular flexibility index (Phi) is 19.2. The number of aliphatic hydroxyl groups is 2. The monoisotopic (exact) mass is 955 g/mol. The maximum atomic E-state index is 12.8. The summed E-state index contributed by atoms with van der Waals surface area (Å²) in [5, 5.41) is 31.0. The van der Waals surface area contributed by atoms with E-state index >= 15 is 0 Å². The number of oxime groups is 1. The van der Waals surface area contributed by atoms with E-state index in [-0.39, 0.29) is 37.7 Å². The predicted octanol–water partition coefficient (Wildman–Crippen LogP) is 8.30. The maximum absolute atomic E-state index is 12.8. The number of carbonyl (C=O) groups is 2. The van der Waals surface area contributed by atoms with Gasteiger partial charge in [0.15, 0.2) is 11.8 Å². The van der Waals surface area contributed by atoms with Gasteiger partial charge in [-0.05, 0) is 78.3 Å². The summed E-state index contributed by atoms with van der Waals surface area (Å²) in [7, 11) is 1.50. The molecule has 15 heteroatoms. The van der Waals surface area contributed by atoms with E-state index in [2.05, 4.69) is 86.4 Å². The van der Waals surface area contributed by atoms with Crippen molar-refractivity contribution in [2.24, 2.45) is 5.16 Å². The van der Waals surface area contributed by atoms with E-state index in [1.54, 1.807) is 12.1 Å². The van der Waals surface area contributed by atoms with Crippen LogP contribution in [0.4, 0.5) is 0 Å². The summed E-state index contributed by atoms with van der Waals surface area (Å²) in [4.78, 5) is 30.6. The van der Waals surface area contributed by atoms with Gasteiger partial charge < -0.3 is 39.9 Å². The number of halogens is 4. The first-order chi connectivity index (χ1) is 24.0. The fourth-order valence-electron chi connectivity index (χ4n) is 5.51. The van der Waals surface area contributed by atoms with Gasteiger partial charge in [0.1, 0.15) is 17.8 Å². The lowest BCUT2D eigenvalue weighted by Crippen LogP contribution is -2.49. The van der Waals surface area contributed by atoms with Crippen LogP contribution in [0.15, 0.2) is 47.2 Å². The Labute approximate surface area is 328 Å². The molecule has 2 heterocycles. The Hall–Kier alpha value is -1.65. The van der Waals surface area contributed by atoms with Crippen molar-refractivity contribution >= 4 is 81.2 Å². The van der Waals surface area contributed by atoms with Crippen molar-refractivity contribution in [3.63, 3.8) is 0 Å². The molecule has 2 aliphatic rings. The molecule has 50 heavy (non-hydrogen) atoms. The molecule has 0 saturated heterocycles. The standard InChI is InChI=1S/C35H49Br4N3O8/c1-3-4-5-6-7-8-9-10-11-12-13-15-29(44)41-21-28(43)23-18-24(36)32(25(37)19-23)48-17-14-16-40-34(46)30-33(45)35(50-42-30)20-26(38)31(47-2)27(39)22-49-35/h18-19,22,28,33,43,45H,3-17,20-21H2,1-2H3,(H,40,46)(H,41,44)/t28?,33-,35+/m0/s1. The Morgan fingerprint density at radius 2 is 1.60 bits per heavy atom. The van der Waals surface area contributed by atoms with Crippen LogP contribution in [0.3, 0.4) is 0 Å². The van der Waals surface area contributed by atoms with Crippen LogP contribution in [0.5, 0.6) is 5.75 Å². The number of unbranched alkanes of at least 4 members (excludes halogenated alkanes) is 10. The molecule has 11 nitrogen and oxygen atoms in total. The lowest BCUT2D eigenvalue weighted by molar-refractivity contribution is -0.225. The number of rotatable bonds is 22. The van der Waals surface area contributed by atoms with E-state index in [9.17, 15) is 19.8 Å². The molecule has 1 aromatic carbocycles. The molecule has 2 amide bonds. The molecular weight excluding hydrogens is 910 g/mol. The largest absolute Gasteiger partial charge is 0.495 e. The number of benzene rings is 1. The van der Waals surface area contributed by atoms with E-state index in [1.807, 2.05) is 0 Å². The van der Waals surface area contributed by atoms with E-state index in [1.165, 1.54) is 64.7 Å². The molecule has 1 aromatic rings. The lowest BCUT2D eigenvalue weighted by Gasteiger charge is -2.27. The van der Waals surface area contributed by atoms with Crippen LogP contribution in [0, 0.1) is 0 Å². The second kappa shape index (κ2) is 22.4. The second-order valence-electron chi connectivity index (χ2n) is 12.4. The number of nitrogens with one attached hydrogen (secondary N) is 2. The molecule has 2 aliphatic heterocycles. The zero-order chi connectivity index (χ0) is 36.5. The highest BCUT2D eigenvalue weighted by Crippen LogP contribution is 2.41. The summed E-state index contributed by atoms with van der Waals surface area (Å²) >= 11 is 13.8. The van der Waals surface area contributed by atoms with Crippen LogP contribution in [0.25, 0.3) is 0 Å². The number of allylic oxidation sites excluding steroid dienone is 1. The molecule has 0 radical (unpaired) electrons. The summed E-state index contributed by atoms with van der Waals surface area (Å²) in [5.41, 5.74) is 0.414. The van der Waals surface area contributed by atoms with Gasteiger partial charge in [0, 0.05) is 24.0 Å². The van der Waals surface area contributed by atoms with Crippen molar-refractivity contribution in [2.75, 3.05) is 26.8 Å². The van der Waals surface area contributed by atoms with Crippen molar-refractivity contribution in [1.29, 1.82) is 0 Å². The minimum absolute atomic E-state index is 0.0464. The molecule has 0 bridgehead atoms. The quantitative estimate of drug-likeness (QED) is 0.0850. The molecule has 280 valence electrons. The number of hydrogen-bond acceptors (Lipinski definition) is 9. The summed E-state index contributed by atoms with van der Waals surface area (Å²) in [6.45, 7) is 2.86. The summed E-state index contributed by atoms with van der Waals surface area (Å²) in [6, 6.07) is 3.51. The van der Waals surface area contributed by atoms with Gasteiger partial charge in [-0.1, -0.05) is 92.2 Å². The Morgan fingerprint density at radius 1 is 0.980 bits per heavy atom. The zero-order valence-electron chi connectivity index (χ0n) is 28.7. The molecule has 4 N–H and O–H groups in total. The van der Waals surface area contributed by atoms with Crippen LogP contribution in [0.1, 0.15) is 108 Å². The lowest BCUT2D eigenvalue weighted by atomic mass is 10.0. The van der Waals surface area contributed by atoms with Gasteiger partial charge in [0.05, 0.1) is 39.7 Å². The van der Waals surface area contributed by atoms with Crippen LogP contribution < -0.4 is 15.4 Å². The van der Waals surface area contributed by atoms with E-state index in [0.29, 0.717) is 47.8 Å². The number of nitrogens with zero attached hydrogens (tertiary/aromatic N) is 1. The van der Waals surface area contributed by atoms with Gasteiger partial charge in [0.25, 0.3) is 5.91 Å². The highest BCUT2D eigenvalue weighted by Gasteiger charge is 2.54. The van der Waals surface area contributed by atoms with E-state index in [4.69, 9.17) is 19.0 Å². The first kappa shape index (κ1) is 42.8. The fraction of sp³-hybridized carbons (Fsp3) is 0.629. The molecule has 1 spiro atoms. The highest BCUT2D eigenvalue weighted by molar-refractivity contribution is 9.12. The van der Waals surface area contributed by atoms with Crippen LogP contribution in [-0.2, 0) is 23.9 Å². The number of hydrogen-bond donors (Lipinski definition) is 4. The average molecular weight is 959 g/mol. The molecule has 0 aliphatic carbocycles. The second-order valence-corrected chi connectivity index (χ2v) is 15.9. The molecule has 3 rings (SSSR count). The Bertz CT molecular complexity index is 1350. The number of carbonyl (C=O) groups excluding carboxylic acids is 2. The average Bonchev–Trinajstić information content (AvgIpc) is 3.34. The smallest absolute Gasteiger partial charge is 0.311 e. The van der Waals surface area contributed by atoms with Gasteiger partial charge in [0.2, 0.25) is 5.91 Å². The predicted molar refractivity (Wildman–Crippen MR) is 207 cm³/mol. The van der Waals surface area contributed by atoms with Crippen molar-refractivity contribution in [2.45, 2.75) is 115 Å². The summed E-state index contributed by atoms with van der Waals surface area (Å²) in [5.74, 6) is -1.26. The van der Waals surface area contributed by atoms with Crippen LogP contribution in [0.2, 0.25) is 0 Å². The summed E-state index contributed by atoms with van der Waals surface area (Å²) in [6.07, 6.45) is 13.5. The van der Waals surface area contributed by atoms with E-state index in [0.717, 1.165) is 19.3 Å². The van der Waals surface area contributed by atoms with Gasteiger partial charge in [-0.25, -0.2) is 0 Å². The molecular formula is C35H49Br4N3O8. The summed E-state index contributed by atoms with van der Waals surface area (Å²) < 4.78 is 19.2. The molecule has 0 aromatic heterocycles. The van der Waals surface area contributed by atoms with Gasteiger partial charge in [-0.3, -0.25) is 9.59 Å². The molecule has 3 atom stereocenters. The fourth-order valence-corrected chi connectivity index (χ4v) is 8.49. The zero-order valence-corrected chi connectivity index (χ0v) is 35.1. The Balaban J connectivity index is 1.33. The first-order valence-corrected chi connectivity index (χ1v) is 20.5. The molecule has 1 unspecified atom stereocenters.